The molecule has 0 aromatic heterocycles. The highest BCUT2D eigenvalue weighted by atomic mass is 79.9. The van der Waals surface area contributed by atoms with Gasteiger partial charge in [-0.1, -0.05) is 40.2 Å². The van der Waals surface area contributed by atoms with Crippen molar-refractivity contribution in [1.82, 2.24) is 0 Å². The maximum atomic E-state index is 5.97. The highest BCUT2D eigenvalue weighted by Crippen LogP contribution is 2.29. The second-order valence-electron chi connectivity index (χ2n) is 4.57. The summed E-state index contributed by atoms with van der Waals surface area (Å²) >= 11 is 3.45. The summed E-state index contributed by atoms with van der Waals surface area (Å²) in [6.07, 6.45) is 0. The molecule has 2 aromatic carbocycles. The second-order valence-corrected chi connectivity index (χ2v) is 5.49. The quantitative estimate of drug-likeness (QED) is 0.896. The van der Waals surface area contributed by atoms with E-state index in [4.69, 9.17) is 15.2 Å². The van der Waals surface area contributed by atoms with Crippen molar-refractivity contribution in [3.63, 3.8) is 0 Å². The van der Waals surface area contributed by atoms with Crippen LogP contribution in [-0.4, -0.2) is 7.11 Å². The van der Waals surface area contributed by atoms with E-state index in [1.54, 1.807) is 7.11 Å². The number of hydrogen-bond acceptors (Lipinski definition) is 3. The maximum Gasteiger partial charge on any atom is 0.125 e. The summed E-state index contributed by atoms with van der Waals surface area (Å²) in [5.41, 5.74) is 7.96. The summed E-state index contributed by atoms with van der Waals surface area (Å²) < 4.78 is 12.2. The van der Waals surface area contributed by atoms with Gasteiger partial charge in [0.05, 0.1) is 7.11 Å². The van der Waals surface area contributed by atoms with Crippen LogP contribution in [-0.2, 0) is 6.61 Å². The van der Waals surface area contributed by atoms with Crippen LogP contribution in [0.4, 0.5) is 0 Å². The number of nitrogens with two attached hydrogens (primary N) is 1. The summed E-state index contributed by atoms with van der Waals surface area (Å²) in [4.78, 5) is 0. The van der Waals surface area contributed by atoms with E-state index in [-0.39, 0.29) is 6.04 Å². The van der Waals surface area contributed by atoms with Crippen molar-refractivity contribution in [3.8, 4) is 11.5 Å². The van der Waals surface area contributed by atoms with E-state index in [0.717, 1.165) is 27.1 Å². The Morgan fingerprint density at radius 3 is 2.60 bits per heavy atom. The predicted molar refractivity (Wildman–Crippen MR) is 84.1 cm³/mol. The van der Waals surface area contributed by atoms with Gasteiger partial charge in [0.25, 0.3) is 0 Å². The SMILES string of the molecule is COc1ccccc1COc1cc(Br)ccc1[C@H](C)N. The molecule has 0 saturated heterocycles. The Hall–Kier alpha value is -1.52. The van der Waals surface area contributed by atoms with E-state index in [1.165, 1.54) is 0 Å². The smallest absolute Gasteiger partial charge is 0.125 e. The fourth-order valence-electron chi connectivity index (χ4n) is 1.99. The summed E-state index contributed by atoms with van der Waals surface area (Å²) in [6, 6.07) is 13.6. The lowest BCUT2D eigenvalue weighted by Crippen LogP contribution is -2.08. The highest BCUT2D eigenvalue weighted by molar-refractivity contribution is 9.10. The minimum absolute atomic E-state index is 0.0734. The van der Waals surface area contributed by atoms with Crippen molar-refractivity contribution in [3.05, 3.63) is 58.1 Å². The molecule has 0 heterocycles. The lowest BCUT2D eigenvalue weighted by molar-refractivity contribution is 0.292. The summed E-state index contributed by atoms with van der Waals surface area (Å²) in [5.74, 6) is 1.62. The molecule has 0 spiro atoms. The monoisotopic (exact) mass is 335 g/mol. The van der Waals surface area contributed by atoms with E-state index in [1.807, 2.05) is 49.4 Å². The molecule has 0 unspecified atom stereocenters. The van der Waals surface area contributed by atoms with Crippen LogP contribution in [0, 0.1) is 0 Å². The van der Waals surface area contributed by atoms with Gasteiger partial charge in [0.15, 0.2) is 0 Å². The Labute approximate surface area is 127 Å². The first kappa shape index (κ1) is 14.9. The molecule has 3 nitrogen and oxygen atoms in total. The first-order valence-corrected chi connectivity index (χ1v) is 7.21. The zero-order valence-corrected chi connectivity index (χ0v) is 13.2. The predicted octanol–water partition coefficient (Wildman–Crippen LogP) is 4.06. The number of benzene rings is 2. The second kappa shape index (κ2) is 6.77. The van der Waals surface area contributed by atoms with Gasteiger partial charge >= 0.3 is 0 Å². The number of ether oxygens (including phenoxy) is 2. The third-order valence-electron chi connectivity index (χ3n) is 3.04. The molecule has 4 heteroatoms. The van der Waals surface area contributed by atoms with Crippen molar-refractivity contribution in [2.75, 3.05) is 7.11 Å². The lowest BCUT2D eigenvalue weighted by Gasteiger charge is -2.15. The van der Waals surface area contributed by atoms with Gasteiger partial charge in [-0.3, -0.25) is 0 Å². The van der Waals surface area contributed by atoms with E-state index in [2.05, 4.69) is 15.9 Å². The number of methoxy groups -OCH3 is 1. The van der Waals surface area contributed by atoms with Gasteiger partial charge in [-0.15, -0.1) is 0 Å². The summed E-state index contributed by atoms with van der Waals surface area (Å²) in [7, 11) is 1.66. The number of halogens is 1. The van der Waals surface area contributed by atoms with Crippen LogP contribution in [0.3, 0.4) is 0 Å². The number of para-hydroxylation sites is 1. The van der Waals surface area contributed by atoms with Crippen molar-refractivity contribution in [2.24, 2.45) is 5.73 Å². The minimum atomic E-state index is -0.0734. The largest absolute Gasteiger partial charge is 0.496 e. The molecule has 0 saturated carbocycles. The molecule has 20 heavy (non-hydrogen) atoms. The van der Waals surface area contributed by atoms with Gasteiger partial charge in [-0.2, -0.15) is 0 Å². The van der Waals surface area contributed by atoms with Crippen molar-refractivity contribution in [1.29, 1.82) is 0 Å². The summed E-state index contributed by atoms with van der Waals surface area (Å²) in [6.45, 7) is 2.39. The minimum Gasteiger partial charge on any atom is -0.496 e. The van der Waals surface area contributed by atoms with Gasteiger partial charge in [0.2, 0.25) is 0 Å². The fourth-order valence-corrected chi connectivity index (χ4v) is 2.33. The molecular weight excluding hydrogens is 318 g/mol. The van der Waals surface area contributed by atoms with Crippen LogP contribution in [0.5, 0.6) is 11.5 Å². The third-order valence-corrected chi connectivity index (χ3v) is 3.54. The Kier molecular flexibility index (Phi) is 5.04. The van der Waals surface area contributed by atoms with Crippen LogP contribution in [0.1, 0.15) is 24.1 Å². The molecule has 1 atom stereocenters. The highest BCUT2D eigenvalue weighted by Gasteiger charge is 2.10. The van der Waals surface area contributed by atoms with Crippen LogP contribution >= 0.6 is 15.9 Å². The standard InChI is InChI=1S/C16H18BrNO2/c1-11(18)14-8-7-13(17)9-16(14)20-10-12-5-3-4-6-15(12)19-2/h3-9,11H,10,18H2,1-2H3/t11-/m0/s1. The van der Waals surface area contributed by atoms with Crippen molar-refractivity contribution < 1.29 is 9.47 Å². The Bertz CT molecular complexity index is 584. The van der Waals surface area contributed by atoms with Gasteiger partial charge < -0.3 is 15.2 Å². The molecule has 0 amide bonds. The lowest BCUT2D eigenvalue weighted by atomic mass is 10.1. The van der Waals surface area contributed by atoms with Gasteiger partial charge in [-0.05, 0) is 25.1 Å². The average Bonchev–Trinajstić information content (AvgIpc) is 2.45. The van der Waals surface area contributed by atoms with E-state index >= 15 is 0 Å². The Morgan fingerprint density at radius 1 is 1.15 bits per heavy atom. The average molecular weight is 336 g/mol. The van der Waals surface area contributed by atoms with Crippen LogP contribution in [0.15, 0.2) is 46.9 Å². The van der Waals surface area contributed by atoms with E-state index < -0.39 is 0 Å². The zero-order chi connectivity index (χ0) is 14.5. The Balaban J connectivity index is 2.20. The van der Waals surface area contributed by atoms with Gasteiger partial charge in [0.1, 0.15) is 18.1 Å². The van der Waals surface area contributed by atoms with Crippen molar-refractivity contribution in [2.45, 2.75) is 19.6 Å². The molecule has 2 rings (SSSR count). The molecule has 0 aliphatic heterocycles. The summed E-state index contributed by atoms with van der Waals surface area (Å²) in [5, 5.41) is 0. The van der Waals surface area contributed by atoms with E-state index in [0.29, 0.717) is 6.61 Å². The molecule has 2 N–H and O–H groups in total. The van der Waals surface area contributed by atoms with Crippen LogP contribution < -0.4 is 15.2 Å². The molecule has 2 aromatic rings. The molecule has 0 radical (unpaired) electrons. The molecule has 0 aliphatic rings. The van der Waals surface area contributed by atoms with E-state index in [9.17, 15) is 0 Å². The van der Waals surface area contributed by atoms with Crippen molar-refractivity contribution >= 4 is 15.9 Å². The maximum absolute atomic E-state index is 5.97. The third kappa shape index (κ3) is 3.52. The topological polar surface area (TPSA) is 44.5 Å². The Morgan fingerprint density at radius 2 is 1.90 bits per heavy atom. The molecule has 0 fully saturated rings. The normalized spacial score (nSPS) is 12.0. The molecular formula is C16H18BrNO2. The molecule has 0 bridgehead atoms. The fraction of sp³-hybridized carbons (Fsp3) is 0.250. The first-order chi connectivity index (χ1) is 9.61. The zero-order valence-electron chi connectivity index (χ0n) is 11.6. The van der Waals surface area contributed by atoms with Gasteiger partial charge in [0, 0.05) is 21.6 Å². The first-order valence-electron chi connectivity index (χ1n) is 6.41. The van der Waals surface area contributed by atoms with Crippen LogP contribution in [0.2, 0.25) is 0 Å². The molecule has 0 aliphatic carbocycles. The number of hydrogen-bond donors (Lipinski definition) is 1. The van der Waals surface area contributed by atoms with Gasteiger partial charge in [-0.25, -0.2) is 0 Å². The number of rotatable bonds is 5. The molecule has 106 valence electrons. The van der Waals surface area contributed by atoms with Crippen LogP contribution in [0.25, 0.3) is 0 Å².